The maximum Gasteiger partial charge on any atom is 0.340 e. The maximum absolute atomic E-state index is 12.1. The van der Waals surface area contributed by atoms with Crippen LogP contribution in [0.4, 0.5) is 0 Å². The summed E-state index contributed by atoms with van der Waals surface area (Å²) < 4.78 is 30.2. The molecule has 1 aromatic carbocycles. The zero-order valence-electron chi connectivity index (χ0n) is 13.3. The summed E-state index contributed by atoms with van der Waals surface area (Å²) in [7, 11) is -0.967. The Hall–Kier alpha value is -1.64. The van der Waals surface area contributed by atoms with Crippen molar-refractivity contribution in [2.75, 3.05) is 20.6 Å². The lowest BCUT2D eigenvalue weighted by Crippen LogP contribution is -2.35. The second kappa shape index (κ2) is 7.76. The summed E-state index contributed by atoms with van der Waals surface area (Å²) in [5.41, 5.74) is -0.120. The Morgan fingerprint density at radius 1 is 1.35 bits per heavy atom. The highest BCUT2D eigenvalue weighted by Gasteiger charge is 2.24. The first kappa shape index (κ1) is 19.4. The van der Waals surface area contributed by atoms with Crippen LogP contribution in [0.15, 0.2) is 23.1 Å². The molecule has 1 N–H and O–H groups in total. The van der Waals surface area contributed by atoms with Gasteiger partial charge in [-0.1, -0.05) is 11.6 Å². The first-order chi connectivity index (χ1) is 10.6. The molecular weight excluding hydrogens is 344 g/mol. The van der Waals surface area contributed by atoms with E-state index < -0.39 is 28.0 Å². The number of carbonyl (C=O) groups excluding carboxylic acids is 2. The minimum Gasteiger partial charge on any atom is -0.449 e. The molecule has 23 heavy (non-hydrogen) atoms. The van der Waals surface area contributed by atoms with Gasteiger partial charge in [-0.2, -0.15) is 0 Å². The summed E-state index contributed by atoms with van der Waals surface area (Å²) in [5.74, 6) is -1.32. The Morgan fingerprint density at radius 2 is 1.96 bits per heavy atom. The van der Waals surface area contributed by atoms with Crippen molar-refractivity contribution in [3.05, 3.63) is 28.8 Å². The van der Waals surface area contributed by atoms with Crippen molar-refractivity contribution in [1.82, 2.24) is 9.62 Å². The number of amides is 1. The molecule has 7 nitrogen and oxygen atoms in total. The fraction of sp³-hybridized carbons (Fsp3) is 0.429. The minimum absolute atomic E-state index is 0.0378. The minimum atomic E-state index is -3.72. The smallest absolute Gasteiger partial charge is 0.340 e. The van der Waals surface area contributed by atoms with Gasteiger partial charge in [0, 0.05) is 20.6 Å². The monoisotopic (exact) mass is 362 g/mol. The van der Waals surface area contributed by atoms with Gasteiger partial charge in [-0.15, -0.1) is 0 Å². The highest BCUT2D eigenvalue weighted by molar-refractivity contribution is 7.89. The lowest BCUT2D eigenvalue weighted by Gasteiger charge is -2.15. The van der Waals surface area contributed by atoms with Crippen LogP contribution in [0.2, 0.25) is 5.02 Å². The molecule has 0 saturated carbocycles. The Labute approximate surface area is 140 Å². The van der Waals surface area contributed by atoms with Gasteiger partial charge < -0.3 is 10.1 Å². The van der Waals surface area contributed by atoms with E-state index in [2.05, 4.69) is 5.32 Å². The van der Waals surface area contributed by atoms with Crippen LogP contribution in [0.5, 0.6) is 0 Å². The van der Waals surface area contributed by atoms with Gasteiger partial charge in [0.2, 0.25) is 10.0 Å². The molecule has 0 saturated heterocycles. The highest BCUT2D eigenvalue weighted by Crippen LogP contribution is 2.23. The first-order valence-corrected chi connectivity index (χ1v) is 8.63. The highest BCUT2D eigenvalue weighted by atomic mass is 35.5. The van der Waals surface area contributed by atoms with Gasteiger partial charge in [-0.3, -0.25) is 4.79 Å². The van der Waals surface area contributed by atoms with Gasteiger partial charge in [0.25, 0.3) is 5.91 Å². The number of esters is 1. The zero-order valence-corrected chi connectivity index (χ0v) is 14.9. The number of nitrogens with one attached hydrogen (secondary N) is 1. The van der Waals surface area contributed by atoms with E-state index in [1.54, 1.807) is 6.92 Å². The predicted molar refractivity (Wildman–Crippen MR) is 85.9 cm³/mol. The molecule has 128 valence electrons. The predicted octanol–water partition coefficient (Wildman–Crippen LogP) is 1.27. The van der Waals surface area contributed by atoms with Crippen LogP contribution < -0.4 is 5.32 Å². The Bertz CT molecular complexity index is 703. The van der Waals surface area contributed by atoms with Crippen molar-refractivity contribution in [2.24, 2.45) is 0 Å². The third-order valence-electron chi connectivity index (χ3n) is 2.94. The van der Waals surface area contributed by atoms with E-state index in [9.17, 15) is 18.0 Å². The number of carbonyl (C=O) groups is 2. The van der Waals surface area contributed by atoms with Crippen LogP contribution in [0.1, 0.15) is 24.2 Å². The van der Waals surface area contributed by atoms with E-state index in [1.807, 2.05) is 0 Å². The van der Waals surface area contributed by atoms with E-state index in [0.29, 0.717) is 6.54 Å². The standard InChI is InChI=1S/C14H19ClN2O5S/c1-5-16-13(18)9(2)22-14(19)11-8-10(6-7-12(11)15)23(20,21)17(3)4/h6-9H,5H2,1-4H3,(H,16,18)/t9-/m1/s1. The second-order valence-electron chi connectivity index (χ2n) is 4.87. The second-order valence-corrected chi connectivity index (χ2v) is 7.43. The molecule has 0 unspecified atom stereocenters. The fourth-order valence-electron chi connectivity index (χ4n) is 1.63. The Kier molecular flexibility index (Phi) is 6.55. The summed E-state index contributed by atoms with van der Waals surface area (Å²) >= 11 is 5.94. The topological polar surface area (TPSA) is 92.8 Å². The van der Waals surface area contributed by atoms with Gasteiger partial charge >= 0.3 is 5.97 Å². The molecule has 1 atom stereocenters. The van der Waals surface area contributed by atoms with E-state index in [0.717, 1.165) is 10.4 Å². The van der Waals surface area contributed by atoms with E-state index in [4.69, 9.17) is 16.3 Å². The molecule has 0 aliphatic rings. The summed E-state index contributed by atoms with van der Waals surface area (Å²) in [6.07, 6.45) is -1.02. The summed E-state index contributed by atoms with van der Waals surface area (Å²) in [4.78, 5) is 23.6. The van der Waals surface area contributed by atoms with Crippen molar-refractivity contribution in [1.29, 1.82) is 0 Å². The number of ether oxygens (including phenoxy) is 1. The van der Waals surface area contributed by atoms with Crippen molar-refractivity contribution >= 4 is 33.5 Å². The molecule has 9 heteroatoms. The average molecular weight is 363 g/mol. The van der Waals surface area contributed by atoms with Gasteiger partial charge in [0.15, 0.2) is 6.10 Å². The summed E-state index contributed by atoms with van der Waals surface area (Å²) in [6, 6.07) is 3.72. The van der Waals surface area contributed by atoms with Crippen LogP contribution in [0.3, 0.4) is 0 Å². The molecule has 0 aliphatic carbocycles. The summed E-state index contributed by atoms with van der Waals surface area (Å²) in [6.45, 7) is 3.55. The number of benzene rings is 1. The molecule has 0 heterocycles. The van der Waals surface area contributed by atoms with Crippen LogP contribution >= 0.6 is 11.6 Å². The lowest BCUT2D eigenvalue weighted by molar-refractivity contribution is -0.128. The van der Waals surface area contributed by atoms with E-state index in [1.165, 1.54) is 33.2 Å². The number of sulfonamides is 1. The quantitative estimate of drug-likeness (QED) is 0.769. The van der Waals surface area contributed by atoms with Crippen LogP contribution in [0, 0.1) is 0 Å². The fourth-order valence-corrected chi connectivity index (χ4v) is 2.75. The number of halogens is 1. The summed E-state index contributed by atoms with van der Waals surface area (Å²) in [5, 5.41) is 2.55. The van der Waals surface area contributed by atoms with Crippen molar-refractivity contribution in [2.45, 2.75) is 24.8 Å². The number of rotatable bonds is 6. The molecule has 0 radical (unpaired) electrons. The lowest BCUT2D eigenvalue weighted by atomic mass is 10.2. The third-order valence-corrected chi connectivity index (χ3v) is 5.08. The number of likely N-dealkylation sites (N-methyl/N-ethyl adjacent to an activating group) is 1. The maximum atomic E-state index is 12.1. The van der Waals surface area contributed by atoms with Crippen LogP contribution in [0.25, 0.3) is 0 Å². The molecule has 1 aromatic rings. The molecule has 0 aromatic heterocycles. The van der Waals surface area contributed by atoms with Crippen LogP contribution in [-0.4, -0.2) is 51.3 Å². The number of hydrogen-bond donors (Lipinski definition) is 1. The molecule has 1 rings (SSSR count). The van der Waals surface area contributed by atoms with Crippen molar-refractivity contribution in [3.8, 4) is 0 Å². The Balaban J connectivity index is 3.09. The van der Waals surface area contributed by atoms with Gasteiger partial charge in [0.1, 0.15) is 0 Å². The van der Waals surface area contributed by atoms with Gasteiger partial charge in [0.05, 0.1) is 15.5 Å². The molecule has 0 bridgehead atoms. The number of nitrogens with zero attached hydrogens (tertiary/aromatic N) is 1. The van der Waals surface area contributed by atoms with Crippen molar-refractivity contribution < 1.29 is 22.7 Å². The normalized spacial score (nSPS) is 12.8. The molecule has 0 fully saturated rings. The molecular formula is C14H19ClN2O5S. The molecule has 0 spiro atoms. The average Bonchev–Trinajstić information content (AvgIpc) is 2.47. The third kappa shape index (κ3) is 4.66. The molecule has 1 amide bonds. The zero-order chi connectivity index (χ0) is 17.8. The molecule has 0 aliphatic heterocycles. The van der Waals surface area contributed by atoms with Crippen LogP contribution in [-0.2, 0) is 19.6 Å². The van der Waals surface area contributed by atoms with E-state index in [-0.39, 0.29) is 15.5 Å². The first-order valence-electron chi connectivity index (χ1n) is 6.82. The number of hydrogen-bond acceptors (Lipinski definition) is 5. The van der Waals surface area contributed by atoms with Crippen molar-refractivity contribution in [3.63, 3.8) is 0 Å². The van der Waals surface area contributed by atoms with Gasteiger partial charge in [-0.25, -0.2) is 17.5 Å². The Morgan fingerprint density at radius 3 is 2.48 bits per heavy atom. The SMILES string of the molecule is CCNC(=O)[C@@H](C)OC(=O)c1cc(S(=O)(=O)N(C)C)ccc1Cl. The van der Waals surface area contributed by atoms with Gasteiger partial charge in [-0.05, 0) is 32.0 Å². The van der Waals surface area contributed by atoms with E-state index >= 15 is 0 Å². The largest absolute Gasteiger partial charge is 0.449 e.